The maximum Gasteiger partial charge on any atom is 0.235 e. The molecule has 21 heavy (non-hydrogen) atoms. The SMILES string of the molecule is COCCNC(=O)CN(Cc1ccccc1F)S(C)(=O)=O. The van der Waals surface area contributed by atoms with Crippen molar-refractivity contribution < 1.29 is 22.3 Å². The molecule has 0 aliphatic rings. The number of sulfonamides is 1. The van der Waals surface area contributed by atoms with E-state index in [-0.39, 0.29) is 25.2 Å². The fraction of sp³-hybridized carbons (Fsp3) is 0.462. The van der Waals surface area contributed by atoms with Crippen LogP contribution in [0.1, 0.15) is 5.56 Å². The molecular formula is C13H19FN2O4S. The summed E-state index contributed by atoms with van der Waals surface area (Å²) in [4.78, 5) is 11.7. The molecular weight excluding hydrogens is 299 g/mol. The van der Waals surface area contributed by atoms with Gasteiger partial charge in [-0.05, 0) is 6.07 Å². The Kier molecular flexibility index (Phi) is 6.73. The van der Waals surface area contributed by atoms with Gasteiger partial charge in [0.05, 0.1) is 19.4 Å². The second-order valence-electron chi connectivity index (χ2n) is 4.47. The molecule has 6 nitrogen and oxygen atoms in total. The molecule has 0 saturated carbocycles. The molecule has 118 valence electrons. The lowest BCUT2D eigenvalue weighted by Gasteiger charge is -2.19. The van der Waals surface area contributed by atoms with Gasteiger partial charge in [-0.25, -0.2) is 12.8 Å². The Morgan fingerprint density at radius 1 is 1.38 bits per heavy atom. The van der Waals surface area contributed by atoms with E-state index >= 15 is 0 Å². The van der Waals surface area contributed by atoms with Crippen LogP contribution < -0.4 is 5.32 Å². The van der Waals surface area contributed by atoms with Crippen molar-refractivity contribution in [1.82, 2.24) is 9.62 Å². The molecule has 0 fully saturated rings. The zero-order chi connectivity index (χ0) is 15.9. The lowest BCUT2D eigenvalue weighted by Crippen LogP contribution is -2.40. The summed E-state index contributed by atoms with van der Waals surface area (Å²) in [7, 11) is -2.14. The lowest BCUT2D eigenvalue weighted by molar-refractivity contribution is -0.121. The predicted octanol–water partition coefficient (Wildman–Crippen LogP) is 0.350. The standard InChI is InChI=1S/C13H19FN2O4S/c1-20-8-7-15-13(17)10-16(21(2,18)19)9-11-5-3-4-6-12(11)14/h3-6H,7-10H2,1-2H3,(H,15,17). The van der Waals surface area contributed by atoms with Crippen LogP contribution in [-0.2, 0) is 26.1 Å². The number of nitrogens with zero attached hydrogens (tertiary/aromatic N) is 1. The molecule has 0 saturated heterocycles. The predicted molar refractivity (Wildman–Crippen MR) is 76.5 cm³/mol. The van der Waals surface area contributed by atoms with Gasteiger partial charge in [-0.15, -0.1) is 0 Å². The van der Waals surface area contributed by atoms with E-state index in [1.807, 2.05) is 0 Å². The van der Waals surface area contributed by atoms with Crippen molar-refractivity contribution >= 4 is 15.9 Å². The van der Waals surface area contributed by atoms with Crippen LogP contribution in [0.15, 0.2) is 24.3 Å². The molecule has 1 rings (SSSR count). The lowest BCUT2D eigenvalue weighted by atomic mass is 10.2. The third-order valence-electron chi connectivity index (χ3n) is 2.72. The van der Waals surface area contributed by atoms with Crippen molar-refractivity contribution in [2.45, 2.75) is 6.54 Å². The van der Waals surface area contributed by atoms with E-state index in [4.69, 9.17) is 4.74 Å². The van der Waals surface area contributed by atoms with Gasteiger partial charge >= 0.3 is 0 Å². The van der Waals surface area contributed by atoms with Crippen LogP contribution in [0.25, 0.3) is 0 Å². The molecule has 0 radical (unpaired) electrons. The number of benzene rings is 1. The highest BCUT2D eigenvalue weighted by atomic mass is 32.2. The van der Waals surface area contributed by atoms with Gasteiger partial charge < -0.3 is 10.1 Å². The Bertz CT molecular complexity index is 577. The highest BCUT2D eigenvalue weighted by Crippen LogP contribution is 2.12. The number of hydrogen-bond donors (Lipinski definition) is 1. The zero-order valence-corrected chi connectivity index (χ0v) is 12.8. The largest absolute Gasteiger partial charge is 0.383 e. The van der Waals surface area contributed by atoms with Gasteiger partial charge in [0, 0.05) is 25.8 Å². The molecule has 0 aromatic heterocycles. The number of ether oxygens (including phenoxy) is 1. The summed E-state index contributed by atoms with van der Waals surface area (Å²) in [5.41, 5.74) is 0.215. The summed E-state index contributed by atoms with van der Waals surface area (Å²) >= 11 is 0. The van der Waals surface area contributed by atoms with Crippen molar-refractivity contribution in [1.29, 1.82) is 0 Å². The smallest absolute Gasteiger partial charge is 0.235 e. The quantitative estimate of drug-likeness (QED) is 0.702. The number of carbonyl (C=O) groups excluding carboxylic acids is 1. The van der Waals surface area contributed by atoms with E-state index in [2.05, 4.69) is 5.32 Å². The molecule has 0 bridgehead atoms. The van der Waals surface area contributed by atoms with E-state index in [0.29, 0.717) is 6.61 Å². The van der Waals surface area contributed by atoms with Crippen molar-refractivity contribution in [3.63, 3.8) is 0 Å². The molecule has 1 N–H and O–H groups in total. The minimum absolute atomic E-state index is 0.191. The second-order valence-corrected chi connectivity index (χ2v) is 6.45. The van der Waals surface area contributed by atoms with Gasteiger partial charge in [-0.2, -0.15) is 4.31 Å². The fourth-order valence-corrected chi connectivity index (χ4v) is 2.34. The van der Waals surface area contributed by atoms with E-state index in [1.54, 1.807) is 6.07 Å². The zero-order valence-electron chi connectivity index (χ0n) is 12.0. The Morgan fingerprint density at radius 2 is 2.05 bits per heavy atom. The van der Waals surface area contributed by atoms with Gasteiger partial charge in [0.2, 0.25) is 15.9 Å². The monoisotopic (exact) mass is 318 g/mol. The average molecular weight is 318 g/mol. The van der Waals surface area contributed by atoms with Gasteiger partial charge in [0.15, 0.2) is 0 Å². The number of halogens is 1. The van der Waals surface area contributed by atoms with Crippen LogP contribution in [0.4, 0.5) is 4.39 Å². The third-order valence-corrected chi connectivity index (χ3v) is 3.92. The summed E-state index contributed by atoms with van der Waals surface area (Å²) in [5, 5.41) is 2.52. The van der Waals surface area contributed by atoms with Crippen molar-refractivity contribution in [3.05, 3.63) is 35.6 Å². The average Bonchev–Trinajstić information content (AvgIpc) is 2.39. The van der Waals surface area contributed by atoms with Crippen molar-refractivity contribution in [2.24, 2.45) is 0 Å². The van der Waals surface area contributed by atoms with E-state index < -0.39 is 21.7 Å². The fourth-order valence-electron chi connectivity index (χ4n) is 1.62. The summed E-state index contributed by atoms with van der Waals surface area (Å²) in [5.74, 6) is -0.972. The molecule has 0 aliphatic carbocycles. The Morgan fingerprint density at radius 3 is 2.62 bits per heavy atom. The van der Waals surface area contributed by atoms with Crippen LogP contribution in [0.2, 0.25) is 0 Å². The summed E-state index contributed by atoms with van der Waals surface area (Å²) in [6.07, 6.45) is 0.982. The first-order chi connectivity index (χ1) is 9.84. The number of amides is 1. The van der Waals surface area contributed by atoms with E-state index in [1.165, 1.54) is 25.3 Å². The third kappa shape index (κ3) is 6.19. The van der Waals surface area contributed by atoms with Crippen LogP contribution >= 0.6 is 0 Å². The minimum Gasteiger partial charge on any atom is -0.383 e. The van der Waals surface area contributed by atoms with Crippen LogP contribution in [0.5, 0.6) is 0 Å². The van der Waals surface area contributed by atoms with Crippen LogP contribution in [0.3, 0.4) is 0 Å². The summed E-state index contributed by atoms with van der Waals surface area (Å²) < 4.78 is 42.7. The second kappa shape index (κ2) is 8.06. The molecule has 0 atom stereocenters. The van der Waals surface area contributed by atoms with Gasteiger partial charge in [-0.1, -0.05) is 18.2 Å². The maximum atomic E-state index is 13.6. The first-order valence-electron chi connectivity index (χ1n) is 6.28. The molecule has 1 aromatic carbocycles. The molecule has 0 aliphatic heterocycles. The first kappa shape index (κ1) is 17.5. The molecule has 8 heteroatoms. The first-order valence-corrected chi connectivity index (χ1v) is 8.13. The summed E-state index contributed by atoms with van der Waals surface area (Å²) in [6, 6.07) is 5.85. The number of nitrogens with one attached hydrogen (secondary N) is 1. The summed E-state index contributed by atoms with van der Waals surface area (Å²) in [6.45, 7) is 0.0602. The van der Waals surface area contributed by atoms with Gasteiger partial charge in [0.1, 0.15) is 5.82 Å². The van der Waals surface area contributed by atoms with Gasteiger partial charge in [0.25, 0.3) is 0 Å². The van der Waals surface area contributed by atoms with Crippen molar-refractivity contribution in [2.75, 3.05) is 33.1 Å². The normalized spacial score (nSPS) is 11.6. The van der Waals surface area contributed by atoms with Crippen LogP contribution in [0, 0.1) is 5.82 Å². The highest BCUT2D eigenvalue weighted by Gasteiger charge is 2.21. The molecule has 0 unspecified atom stereocenters. The highest BCUT2D eigenvalue weighted by molar-refractivity contribution is 7.88. The van der Waals surface area contributed by atoms with E-state index in [9.17, 15) is 17.6 Å². The molecule has 1 aromatic rings. The number of hydrogen-bond acceptors (Lipinski definition) is 4. The Hall–Kier alpha value is -1.51. The molecule has 0 heterocycles. The Labute approximate surface area is 123 Å². The van der Waals surface area contributed by atoms with Gasteiger partial charge in [-0.3, -0.25) is 4.79 Å². The van der Waals surface area contributed by atoms with Crippen molar-refractivity contribution in [3.8, 4) is 0 Å². The van der Waals surface area contributed by atoms with Crippen LogP contribution in [-0.4, -0.2) is 51.7 Å². The number of methoxy groups -OCH3 is 1. The Balaban J connectivity index is 2.74. The topological polar surface area (TPSA) is 75.7 Å². The number of rotatable bonds is 8. The molecule has 0 spiro atoms. The molecule has 1 amide bonds. The minimum atomic E-state index is -3.63. The number of carbonyl (C=O) groups is 1. The van der Waals surface area contributed by atoms with E-state index in [0.717, 1.165) is 10.6 Å². The maximum absolute atomic E-state index is 13.6.